The number of hydrogen-bond acceptors (Lipinski definition) is 2. The number of carbonyl (C=O) groups excluding carboxylic acids is 1. The second-order valence-corrected chi connectivity index (χ2v) is 3.95. The molecular formula is C12H13BrO2. The van der Waals surface area contributed by atoms with Crippen LogP contribution in [0.3, 0.4) is 0 Å². The first-order valence-electron chi connectivity index (χ1n) is 4.74. The fourth-order valence-electron chi connectivity index (χ4n) is 1.07. The van der Waals surface area contributed by atoms with Crippen molar-refractivity contribution in [2.24, 2.45) is 0 Å². The van der Waals surface area contributed by atoms with Crippen LogP contribution in [-0.4, -0.2) is 12.6 Å². The maximum atomic E-state index is 11.0. The highest BCUT2D eigenvalue weighted by molar-refractivity contribution is 9.10. The summed E-state index contributed by atoms with van der Waals surface area (Å²) < 4.78 is 5.82. The van der Waals surface area contributed by atoms with E-state index in [9.17, 15) is 4.79 Å². The smallest absolute Gasteiger partial charge is 0.330 e. The first-order valence-corrected chi connectivity index (χ1v) is 5.53. The number of rotatable bonds is 3. The van der Waals surface area contributed by atoms with Crippen LogP contribution in [0.4, 0.5) is 0 Å². The molecule has 0 atom stereocenters. The molecule has 2 nitrogen and oxygen atoms in total. The highest BCUT2D eigenvalue weighted by atomic mass is 79.9. The summed E-state index contributed by atoms with van der Waals surface area (Å²) in [6, 6.07) is 5.91. The molecule has 0 aromatic heterocycles. The summed E-state index contributed by atoms with van der Waals surface area (Å²) in [5.41, 5.74) is 2.14. The van der Waals surface area contributed by atoms with Crippen molar-refractivity contribution in [1.29, 1.82) is 0 Å². The summed E-state index contributed by atoms with van der Waals surface area (Å²) in [7, 11) is 0. The molecule has 0 aliphatic carbocycles. The van der Waals surface area contributed by atoms with E-state index >= 15 is 0 Å². The van der Waals surface area contributed by atoms with Crippen molar-refractivity contribution in [1.82, 2.24) is 0 Å². The lowest BCUT2D eigenvalue weighted by Crippen LogP contribution is -1.98. The second-order valence-electron chi connectivity index (χ2n) is 3.09. The van der Waals surface area contributed by atoms with Crippen LogP contribution in [0.15, 0.2) is 28.7 Å². The quantitative estimate of drug-likeness (QED) is 0.621. The minimum atomic E-state index is -0.311. The third kappa shape index (κ3) is 3.88. The molecule has 1 rings (SSSR count). The normalized spacial score (nSPS) is 10.6. The van der Waals surface area contributed by atoms with Crippen LogP contribution in [0, 0.1) is 6.92 Å². The zero-order valence-corrected chi connectivity index (χ0v) is 10.4. The van der Waals surface area contributed by atoms with E-state index in [4.69, 9.17) is 4.74 Å². The first kappa shape index (κ1) is 12.0. The lowest BCUT2D eigenvalue weighted by molar-refractivity contribution is -0.137. The highest BCUT2D eigenvalue weighted by Gasteiger charge is 1.96. The van der Waals surface area contributed by atoms with Crippen molar-refractivity contribution in [3.8, 4) is 0 Å². The molecule has 0 N–H and O–H groups in total. The topological polar surface area (TPSA) is 26.3 Å². The van der Waals surface area contributed by atoms with Gasteiger partial charge >= 0.3 is 5.97 Å². The largest absolute Gasteiger partial charge is 0.463 e. The van der Waals surface area contributed by atoms with Crippen molar-refractivity contribution in [3.05, 3.63) is 39.9 Å². The molecule has 0 radical (unpaired) electrons. The average Bonchev–Trinajstić information content (AvgIpc) is 2.20. The molecule has 0 saturated heterocycles. The molecular weight excluding hydrogens is 256 g/mol. The molecule has 0 heterocycles. The minimum Gasteiger partial charge on any atom is -0.463 e. The predicted octanol–water partition coefficient (Wildman–Crippen LogP) is 3.33. The second kappa shape index (κ2) is 5.71. The van der Waals surface area contributed by atoms with Crippen LogP contribution < -0.4 is 0 Å². The molecule has 1 aromatic carbocycles. The van der Waals surface area contributed by atoms with Crippen LogP contribution >= 0.6 is 15.9 Å². The Hall–Kier alpha value is -1.09. The molecule has 0 fully saturated rings. The molecule has 80 valence electrons. The minimum absolute atomic E-state index is 0.311. The number of aryl methyl sites for hydroxylation is 1. The van der Waals surface area contributed by atoms with E-state index in [1.807, 2.05) is 25.1 Å². The van der Waals surface area contributed by atoms with E-state index in [2.05, 4.69) is 15.9 Å². The van der Waals surface area contributed by atoms with Gasteiger partial charge in [-0.3, -0.25) is 0 Å². The van der Waals surface area contributed by atoms with E-state index in [1.165, 1.54) is 11.6 Å². The zero-order chi connectivity index (χ0) is 11.3. The standard InChI is InChI=1S/C12H13BrO2/c1-3-15-12(14)7-6-10-5-4-9(2)11(13)8-10/h4-8H,3H2,1-2H3/b7-6+. The Morgan fingerprint density at radius 1 is 1.53 bits per heavy atom. The van der Waals surface area contributed by atoms with E-state index in [-0.39, 0.29) is 5.97 Å². The third-order valence-electron chi connectivity index (χ3n) is 1.89. The van der Waals surface area contributed by atoms with Gasteiger partial charge in [0.15, 0.2) is 0 Å². The van der Waals surface area contributed by atoms with Crippen molar-refractivity contribution in [2.45, 2.75) is 13.8 Å². The van der Waals surface area contributed by atoms with Gasteiger partial charge in [0.05, 0.1) is 6.61 Å². The molecule has 0 amide bonds. The Morgan fingerprint density at radius 3 is 2.87 bits per heavy atom. The molecule has 0 aliphatic rings. The number of carbonyl (C=O) groups is 1. The van der Waals surface area contributed by atoms with Crippen molar-refractivity contribution in [3.63, 3.8) is 0 Å². The van der Waals surface area contributed by atoms with E-state index in [1.54, 1.807) is 13.0 Å². The number of ether oxygens (including phenoxy) is 1. The molecule has 0 bridgehead atoms. The van der Waals surface area contributed by atoms with Crippen molar-refractivity contribution < 1.29 is 9.53 Å². The van der Waals surface area contributed by atoms with Crippen molar-refractivity contribution >= 4 is 28.0 Å². The van der Waals surface area contributed by atoms with Gasteiger partial charge in [-0.15, -0.1) is 0 Å². The summed E-state index contributed by atoms with van der Waals surface area (Å²) in [5.74, 6) is -0.311. The van der Waals surface area contributed by atoms with Gasteiger partial charge in [-0.05, 0) is 37.1 Å². The Kier molecular flexibility index (Phi) is 4.56. The van der Waals surface area contributed by atoms with Gasteiger partial charge in [0.1, 0.15) is 0 Å². The van der Waals surface area contributed by atoms with Crippen molar-refractivity contribution in [2.75, 3.05) is 6.61 Å². The van der Waals surface area contributed by atoms with Crippen LogP contribution in [-0.2, 0) is 9.53 Å². The molecule has 0 spiro atoms. The lowest BCUT2D eigenvalue weighted by atomic mass is 10.1. The van der Waals surface area contributed by atoms with E-state index in [0.29, 0.717) is 6.61 Å². The van der Waals surface area contributed by atoms with E-state index < -0.39 is 0 Å². The Morgan fingerprint density at radius 2 is 2.27 bits per heavy atom. The van der Waals surface area contributed by atoms with Gasteiger partial charge in [0.25, 0.3) is 0 Å². The van der Waals surface area contributed by atoms with Crippen LogP contribution in [0.5, 0.6) is 0 Å². The van der Waals surface area contributed by atoms with Crippen LogP contribution in [0.2, 0.25) is 0 Å². The predicted molar refractivity (Wildman–Crippen MR) is 64.5 cm³/mol. The number of halogens is 1. The van der Waals surface area contributed by atoms with Gasteiger partial charge < -0.3 is 4.74 Å². The van der Waals surface area contributed by atoms with Gasteiger partial charge in [0.2, 0.25) is 0 Å². The lowest BCUT2D eigenvalue weighted by Gasteiger charge is -1.99. The van der Waals surface area contributed by atoms with Crippen LogP contribution in [0.25, 0.3) is 6.08 Å². The Balaban J connectivity index is 2.72. The SMILES string of the molecule is CCOC(=O)/C=C/c1ccc(C)c(Br)c1. The average molecular weight is 269 g/mol. The first-order chi connectivity index (χ1) is 7.13. The summed E-state index contributed by atoms with van der Waals surface area (Å²) >= 11 is 3.43. The summed E-state index contributed by atoms with van der Waals surface area (Å²) in [6.07, 6.45) is 3.17. The Labute approximate surface area is 98.1 Å². The van der Waals surface area contributed by atoms with Gasteiger partial charge in [0, 0.05) is 10.5 Å². The van der Waals surface area contributed by atoms with E-state index in [0.717, 1.165) is 10.0 Å². The maximum Gasteiger partial charge on any atom is 0.330 e. The molecule has 0 aliphatic heterocycles. The molecule has 0 unspecified atom stereocenters. The van der Waals surface area contributed by atoms with Crippen LogP contribution in [0.1, 0.15) is 18.1 Å². The third-order valence-corrected chi connectivity index (χ3v) is 2.75. The number of hydrogen-bond donors (Lipinski definition) is 0. The summed E-state index contributed by atoms with van der Waals surface area (Å²) in [6.45, 7) is 4.21. The summed E-state index contributed by atoms with van der Waals surface area (Å²) in [4.78, 5) is 11.0. The molecule has 3 heteroatoms. The molecule has 1 aromatic rings. The molecule has 15 heavy (non-hydrogen) atoms. The van der Waals surface area contributed by atoms with Gasteiger partial charge in [-0.1, -0.05) is 28.1 Å². The zero-order valence-electron chi connectivity index (χ0n) is 8.79. The fraction of sp³-hybridized carbons (Fsp3) is 0.250. The molecule has 0 saturated carbocycles. The highest BCUT2D eigenvalue weighted by Crippen LogP contribution is 2.18. The Bertz CT molecular complexity index is 383. The van der Waals surface area contributed by atoms with Gasteiger partial charge in [-0.25, -0.2) is 4.79 Å². The summed E-state index contributed by atoms with van der Waals surface area (Å²) in [5, 5.41) is 0. The maximum absolute atomic E-state index is 11.0. The number of benzene rings is 1. The number of esters is 1. The van der Waals surface area contributed by atoms with Gasteiger partial charge in [-0.2, -0.15) is 0 Å². The monoisotopic (exact) mass is 268 g/mol. The fourth-order valence-corrected chi connectivity index (χ4v) is 1.46.